The molecule has 1 aromatic heterocycles. The Balaban J connectivity index is 1.08. The Morgan fingerprint density at radius 3 is 2.15 bits per heavy atom. The van der Waals surface area contributed by atoms with Crippen LogP contribution in [0.2, 0.25) is 5.02 Å². The second-order valence-corrected chi connectivity index (χ2v) is 9.36. The zero-order valence-electron chi connectivity index (χ0n) is 18.5. The predicted octanol–water partition coefficient (Wildman–Crippen LogP) is 5.53. The Labute approximate surface area is 202 Å². The maximum atomic E-state index is 12.7. The molecule has 2 fully saturated rings. The third-order valence-electron chi connectivity index (χ3n) is 6.60. The monoisotopic (exact) mass is 480 g/mol. The van der Waals surface area contributed by atoms with Gasteiger partial charge in [0, 0.05) is 30.5 Å². The number of hydrogen-bond donors (Lipinski definition) is 1. The molecule has 1 aliphatic heterocycles. The first kappa shape index (κ1) is 22.5. The van der Waals surface area contributed by atoms with E-state index in [1.54, 1.807) is 12.1 Å². The van der Waals surface area contributed by atoms with Crippen molar-refractivity contribution in [3.8, 4) is 11.5 Å². The average Bonchev–Trinajstić information content (AvgIpc) is 3.55. The van der Waals surface area contributed by atoms with Gasteiger partial charge < -0.3 is 19.5 Å². The summed E-state index contributed by atoms with van der Waals surface area (Å²) in [6.45, 7) is 1.90. The van der Waals surface area contributed by atoms with Gasteiger partial charge in [-0.3, -0.25) is 4.57 Å². The summed E-state index contributed by atoms with van der Waals surface area (Å²) in [7, 11) is 0. The maximum absolute atomic E-state index is 12.7. The second-order valence-electron chi connectivity index (χ2n) is 8.92. The van der Waals surface area contributed by atoms with Crippen molar-refractivity contribution >= 4 is 23.6 Å². The van der Waals surface area contributed by atoms with Gasteiger partial charge in [0.1, 0.15) is 11.5 Å². The predicted molar refractivity (Wildman–Crippen MR) is 127 cm³/mol. The number of carboxylic acid groups (broad SMARTS) is 1. The van der Waals surface area contributed by atoms with Gasteiger partial charge in [-0.15, -0.1) is 0 Å². The van der Waals surface area contributed by atoms with Crippen LogP contribution in [-0.4, -0.2) is 45.8 Å². The summed E-state index contributed by atoms with van der Waals surface area (Å²) in [5.74, 6) is 1.28. The molecule has 3 atom stereocenters. The van der Waals surface area contributed by atoms with Crippen LogP contribution in [-0.2, 0) is 11.3 Å². The van der Waals surface area contributed by atoms with E-state index >= 15 is 0 Å². The average molecular weight is 481 g/mol. The smallest absolute Gasteiger partial charge is 0.337 e. The van der Waals surface area contributed by atoms with E-state index in [0.29, 0.717) is 36.6 Å². The van der Waals surface area contributed by atoms with Crippen LogP contribution in [0.3, 0.4) is 0 Å². The van der Waals surface area contributed by atoms with E-state index < -0.39 is 5.97 Å². The van der Waals surface area contributed by atoms with E-state index in [-0.39, 0.29) is 17.7 Å². The third kappa shape index (κ3) is 4.95. The van der Waals surface area contributed by atoms with Gasteiger partial charge in [-0.1, -0.05) is 23.7 Å². The first-order valence-corrected chi connectivity index (χ1v) is 11.7. The van der Waals surface area contributed by atoms with Gasteiger partial charge in [-0.2, -0.15) is 0 Å². The highest BCUT2D eigenvalue weighted by Gasteiger charge is 2.43. The highest BCUT2D eigenvalue weighted by molar-refractivity contribution is 6.30. The number of nitrogens with zero attached hydrogens (tertiary/aromatic N) is 2. The van der Waals surface area contributed by atoms with E-state index in [1.807, 2.05) is 41.3 Å². The molecule has 1 aliphatic carbocycles. The first-order valence-electron chi connectivity index (χ1n) is 11.3. The van der Waals surface area contributed by atoms with Crippen molar-refractivity contribution in [3.63, 3.8) is 0 Å². The number of hydrogen-bond acceptors (Lipinski definition) is 4. The summed E-state index contributed by atoms with van der Waals surface area (Å²) < 4.78 is 13.4. The molecule has 2 aliphatic rings. The molecule has 1 N–H and O–H groups in total. The summed E-state index contributed by atoms with van der Waals surface area (Å²) in [5.41, 5.74) is 1.20. The molecule has 176 valence electrons. The summed E-state index contributed by atoms with van der Waals surface area (Å²) in [4.78, 5) is 25.6. The molecule has 7 nitrogen and oxygen atoms in total. The van der Waals surface area contributed by atoms with Gasteiger partial charge in [0.2, 0.25) is 0 Å². The summed E-state index contributed by atoms with van der Waals surface area (Å²) in [5, 5.41) is 9.73. The fourth-order valence-corrected chi connectivity index (χ4v) is 4.97. The van der Waals surface area contributed by atoms with E-state index in [1.165, 1.54) is 23.0 Å². The molecular formula is C26H25ClN2O5. The quantitative estimate of drug-likeness (QED) is 0.502. The maximum Gasteiger partial charge on any atom is 0.337 e. The van der Waals surface area contributed by atoms with Crippen LogP contribution in [0.25, 0.3) is 0 Å². The Bertz CT molecular complexity index is 1160. The second kappa shape index (κ2) is 9.52. The standard InChI is InChI=1S/C26H25ClN2O5/c27-21-3-7-23(8-4-21)34-22-5-1-17(2-6-22)16-33-24-11-19-14-29(15-20(19)12-24)26(32)28-10-9-18(13-28)25(30)31/h1-10,13,19-20,24H,11-12,14-16H2,(H,30,31)/t19-,20+,24?. The zero-order valence-corrected chi connectivity index (χ0v) is 19.2. The molecule has 2 aromatic carbocycles. The largest absolute Gasteiger partial charge is 0.478 e. The number of halogens is 1. The molecule has 5 rings (SSSR count). The number of rotatable bonds is 6. The van der Waals surface area contributed by atoms with Gasteiger partial charge in [-0.25, -0.2) is 9.59 Å². The molecule has 1 amide bonds. The van der Waals surface area contributed by atoms with Crippen LogP contribution in [0.15, 0.2) is 67.0 Å². The van der Waals surface area contributed by atoms with Crippen molar-refractivity contribution in [1.82, 2.24) is 9.47 Å². The van der Waals surface area contributed by atoms with Crippen LogP contribution in [0, 0.1) is 11.8 Å². The van der Waals surface area contributed by atoms with Crippen LogP contribution >= 0.6 is 11.6 Å². The number of aromatic nitrogens is 1. The fourth-order valence-electron chi connectivity index (χ4n) is 4.85. The minimum atomic E-state index is -1.03. The Morgan fingerprint density at radius 2 is 1.56 bits per heavy atom. The van der Waals surface area contributed by atoms with E-state index in [4.69, 9.17) is 26.2 Å². The van der Waals surface area contributed by atoms with Crippen LogP contribution in [0.1, 0.15) is 28.8 Å². The highest BCUT2D eigenvalue weighted by atomic mass is 35.5. The van der Waals surface area contributed by atoms with Gasteiger partial charge in [0.15, 0.2) is 0 Å². The zero-order chi connectivity index (χ0) is 23.7. The molecule has 2 heterocycles. The Morgan fingerprint density at radius 1 is 0.941 bits per heavy atom. The van der Waals surface area contributed by atoms with Gasteiger partial charge in [-0.05, 0) is 72.7 Å². The molecule has 34 heavy (non-hydrogen) atoms. The third-order valence-corrected chi connectivity index (χ3v) is 6.85. The minimum absolute atomic E-state index is 0.116. The lowest BCUT2D eigenvalue weighted by molar-refractivity contribution is 0.0383. The SMILES string of the molecule is O=C(O)c1ccn(C(=O)N2C[C@H]3CC(OCc4ccc(Oc5ccc(Cl)cc5)cc4)C[C@H]3C2)c1. The first-order chi connectivity index (χ1) is 16.4. The molecule has 0 radical (unpaired) electrons. The molecular weight excluding hydrogens is 456 g/mol. The lowest BCUT2D eigenvalue weighted by Gasteiger charge is -2.20. The number of benzene rings is 2. The normalized spacial score (nSPS) is 21.4. The van der Waals surface area contributed by atoms with E-state index in [2.05, 4.69) is 0 Å². The van der Waals surface area contributed by atoms with Crippen molar-refractivity contribution in [1.29, 1.82) is 0 Å². The molecule has 0 bridgehead atoms. The lowest BCUT2D eigenvalue weighted by Crippen LogP contribution is -2.33. The van der Waals surface area contributed by atoms with Crippen molar-refractivity contribution in [2.75, 3.05) is 13.1 Å². The number of carboxylic acids is 1. The minimum Gasteiger partial charge on any atom is -0.478 e. The molecule has 3 aromatic rings. The van der Waals surface area contributed by atoms with Crippen LogP contribution in [0.4, 0.5) is 4.79 Å². The molecule has 1 unspecified atom stereocenters. The number of amides is 1. The lowest BCUT2D eigenvalue weighted by atomic mass is 10.0. The molecule has 1 saturated heterocycles. The topological polar surface area (TPSA) is 81.0 Å². The van der Waals surface area contributed by atoms with Crippen molar-refractivity contribution < 1.29 is 24.2 Å². The van der Waals surface area contributed by atoms with Crippen molar-refractivity contribution in [2.45, 2.75) is 25.6 Å². The van der Waals surface area contributed by atoms with Crippen LogP contribution in [0.5, 0.6) is 11.5 Å². The summed E-state index contributed by atoms with van der Waals surface area (Å²) >= 11 is 5.91. The van der Waals surface area contributed by atoms with Gasteiger partial charge in [0.05, 0.1) is 18.3 Å². The number of ether oxygens (including phenoxy) is 2. The van der Waals surface area contributed by atoms with Crippen molar-refractivity contribution in [2.24, 2.45) is 11.8 Å². The number of likely N-dealkylation sites (tertiary alicyclic amines) is 1. The van der Waals surface area contributed by atoms with Gasteiger partial charge >= 0.3 is 12.0 Å². The van der Waals surface area contributed by atoms with Gasteiger partial charge in [0.25, 0.3) is 0 Å². The summed E-state index contributed by atoms with van der Waals surface area (Å²) in [6, 6.07) is 16.4. The van der Waals surface area contributed by atoms with Crippen LogP contribution < -0.4 is 4.74 Å². The molecule has 0 spiro atoms. The summed E-state index contributed by atoms with van der Waals surface area (Å²) in [6.07, 6.45) is 4.92. The van der Waals surface area contributed by atoms with E-state index in [0.717, 1.165) is 29.9 Å². The fraction of sp³-hybridized carbons (Fsp3) is 0.308. The number of carbonyl (C=O) groups is 2. The van der Waals surface area contributed by atoms with Crippen molar-refractivity contribution in [3.05, 3.63) is 83.1 Å². The molecule has 8 heteroatoms. The number of aromatic carboxylic acids is 1. The number of fused-ring (bicyclic) bond motifs is 1. The molecule has 1 saturated carbocycles. The van der Waals surface area contributed by atoms with E-state index in [9.17, 15) is 9.59 Å². The highest BCUT2D eigenvalue weighted by Crippen LogP contribution is 2.40. The Kier molecular flexibility index (Phi) is 6.30. The number of carbonyl (C=O) groups excluding carboxylic acids is 1. The Hall–Kier alpha value is -3.29.